The average Bonchev–Trinajstić information content (AvgIpc) is 3.17. The SMILES string of the molecule is C=CC(=O)OCCCCOC(=O)Oc1ccc(C(O)C(O)=c2ccc(=C(O)C(O)c3ccc(OC(=O)OCCCCOC(=O)C=C)c(Cl)c3)cc2)cc1Cl. The van der Waals surface area contributed by atoms with Crippen molar-refractivity contribution in [1.29, 1.82) is 0 Å². The van der Waals surface area contributed by atoms with Crippen LogP contribution in [0.1, 0.15) is 49.0 Å². The van der Waals surface area contributed by atoms with Gasteiger partial charge in [-0.25, -0.2) is 19.2 Å². The van der Waals surface area contributed by atoms with Crippen LogP contribution in [0.25, 0.3) is 11.5 Å². The minimum absolute atomic E-state index is 0.00811. The largest absolute Gasteiger partial charge is 0.513 e. The lowest BCUT2D eigenvalue weighted by atomic mass is 10.0. The number of esters is 2. The molecule has 3 rings (SSSR count). The molecule has 0 aliphatic carbocycles. The molecular weight excluding hydrogens is 751 g/mol. The van der Waals surface area contributed by atoms with E-state index in [9.17, 15) is 39.6 Å². The Bertz CT molecular complexity index is 1780. The van der Waals surface area contributed by atoms with Crippen molar-refractivity contribution in [2.24, 2.45) is 0 Å². The fourth-order valence-corrected chi connectivity index (χ4v) is 4.86. The van der Waals surface area contributed by atoms with Crippen LogP contribution in [0.4, 0.5) is 9.59 Å². The molecule has 3 aromatic carbocycles. The van der Waals surface area contributed by atoms with Gasteiger partial charge in [0.25, 0.3) is 0 Å². The first-order chi connectivity index (χ1) is 25.8. The van der Waals surface area contributed by atoms with Gasteiger partial charge in [-0.2, -0.15) is 0 Å². The summed E-state index contributed by atoms with van der Waals surface area (Å²) in [5.41, 5.74) is 0.338. The van der Waals surface area contributed by atoms with Gasteiger partial charge in [0, 0.05) is 22.6 Å². The summed E-state index contributed by atoms with van der Waals surface area (Å²) in [4.78, 5) is 46.1. The summed E-state index contributed by atoms with van der Waals surface area (Å²) >= 11 is 12.5. The maximum atomic E-state index is 12.0. The topological polar surface area (TPSA) is 205 Å². The van der Waals surface area contributed by atoms with E-state index in [0.717, 1.165) is 12.2 Å². The van der Waals surface area contributed by atoms with E-state index in [1.807, 2.05) is 0 Å². The first-order valence-electron chi connectivity index (χ1n) is 16.3. The number of aliphatic hydroxyl groups is 4. The molecule has 288 valence electrons. The number of hydrogen-bond donors (Lipinski definition) is 4. The van der Waals surface area contributed by atoms with Crippen molar-refractivity contribution in [3.8, 4) is 11.5 Å². The summed E-state index contributed by atoms with van der Waals surface area (Å²) in [5, 5.41) is 43.5. The molecule has 0 heterocycles. The molecule has 54 heavy (non-hydrogen) atoms. The van der Waals surface area contributed by atoms with Crippen molar-refractivity contribution in [1.82, 2.24) is 0 Å². The fourth-order valence-electron chi connectivity index (χ4n) is 4.40. The maximum absolute atomic E-state index is 12.0. The van der Waals surface area contributed by atoms with Gasteiger partial charge in [-0.1, -0.05) is 72.8 Å². The second-order valence-electron chi connectivity index (χ2n) is 11.1. The highest BCUT2D eigenvalue weighted by molar-refractivity contribution is 6.32. The molecule has 3 aromatic rings. The third kappa shape index (κ3) is 13.5. The molecule has 16 heteroatoms. The minimum atomic E-state index is -1.54. The van der Waals surface area contributed by atoms with Crippen LogP contribution in [0.3, 0.4) is 0 Å². The lowest BCUT2D eigenvalue weighted by molar-refractivity contribution is -0.138. The lowest BCUT2D eigenvalue weighted by Gasteiger charge is -2.14. The van der Waals surface area contributed by atoms with E-state index in [0.29, 0.717) is 25.7 Å². The van der Waals surface area contributed by atoms with Gasteiger partial charge in [0.2, 0.25) is 0 Å². The quantitative estimate of drug-likeness (QED) is 0.0393. The van der Waals surface area contributed by atoms with Crippen molar-refractivity contribution >= 4 is 59.0 Å². The summed E-state index contributed by atoms with van der Waals surface area (Å²) in [6.07, 6.45) is -1.29. The highest BCUT2D eigenvalue weighted by Crippen LogP contribution is 2.31. The summed E-state index contributed by atoms with van der Waals surface area (Å²) in [5.74, 6) is -2.11. The van der Waals surface area contributed by atoms with Crippen LogP contribution in [0.15, 0.2) is 86.0 Å². The van der Waals surface area contributed by atoms with Gasteiger partial charge in [0.05, 0.1) is 36.5 Å². The molecule has 0 fully saturated rings. The van der Waals surface area contributed by atoms with E-state index in [4.69, 9.17) is 51.6 Å². The number of aliphatic hydroxyl groups excluding tert-OH is 4. The predicted molar refractivity (Wildman–Crippen MR) is 195 cm³/mol. The van der Waals surface area contributed by atoms with E-state index in [1.54, 1.807) is 0 Å². The molecule has 0 aliphatic rings. The lowest BCUT2D eigenvalue weighted by Crippen LogP contribution is -2.18. The summed E-state index contributed by atoms with van der Waals surface area (Å²) in [7, 11) is 0. The third-order valence-corrected chi connectivity index (χ3v) is 7.85. The molecule has 0 spiro atoms. The predicted octanol–water partition coefficient (Wildman–Crippen LogP) is 5.84. The second kappa shape index (κ2) is 21.9. The molecule has 0 saturated carbocycles. The number of rotatable bonds is 18. The van der Waals surface area contributed by atoms with E-state index in [2.05, 4.69) is 13.2 Å². The van der Waals surface area contributed by atoms with E-state index < -0.39 is 48.0 Å². The molecule has 0 aromatic heterocycles. The molecule has 4 N–H and O–H groups in total. The van der Waals surface area contributed by atoms with Crippen LogP contribution in [0.2, 0.25) is 10.0 Å². The Morgan fingerprint density at radius 1 is 0.574 bits per heavy atom. The van der Waals surface area contributed by atoms with Gasteiger partial charge in [-0.3, -0.25) is 0 Å². The van der Waals surface area contributed by atoms with Gasteiger partial charge in [0.1, 0.15) is 23.7 Å². The number of benzene rings is 3. The number of unbranched alkanes of at least 4 members (excludes halogenated alkanes) is 2. The number of hydrogen-bond acceptors (Lipinski definition) is 14. The van der Waals surface area contributed by atoms with Crippen molar-refractivity contribution in [2.45, 2.75) is 37.9 Å². The number of ether oxygens (including phenoxy) is 6. The number of halogens is 2. The number of carbonyl (C=O) groups excluding carboxylic acids is 4. The smallest absolute Gasteiger partial charge is 0.509 e. The minimum Gasteiger partial charge on any atom is -0.509 e. The van der Waals surface area contributed by atoms with Crippen LogP contribution in [0.5, 0.6) is 11.5 Å². The molecule has 0 amide bonds. The monoisotopic (exact) mass is 788 g/mol. The number of carbonyl (C=O) groups is 4. The molecule has 0 bridgehead atoms. The molecule has 2 atom stereocenters. The highest BCUT2D eigenvalue weighted by Gasteiger charge is 2.19. The Morgan fingerprint density at radius 2 is 0.907 bits per heavy atom. The summed E-state index contributed by atoms with van der Waals surface area (Å²) < 4.78 is 29.8. The van der Waals surface area contributed by atoms with Crippen molar-refractivity contribution < 1.29 is 68.0 Å². The molecule has 0 saturated heterocycles. The van der Waals surface area contributed by atoms with E-state index >= 15 is 0 Å². The second-order valence-corrected chi connectivity index (χ2v) is 11.9. The fraction of sp³-hybridized carbons (Fsp3) is 0.263. The molecule has 2 unspecified atom stereocenters. The Balaban J connectivity index is 1.58. The Labute approximate surface area is 319 Å². The third-order valence-electron chi connectivity index (χ3n) is 7.26. The molecule has 14 nitrogen and oxygen atoms in total. The van der Waals surface area contributed by atoms with E-state index in [1.165, 1.54) is 60.7 Å². The van der Waals surface area contributed by atoms with Crippen LogP contribution < -0.4 is 19.9 Å². The zero-order valence-electron chi connectivity index (χ0n) is 28.8. The van der Waals surface area contributed by atoms with Gasteiger partial charge in [0.15, 0.2) is 11.5 Å². The normalized spacial score (nSPS) is 11.6. The van der Waals surface area contributed by atoms with Crippen molar-refractivity contribution in [3.05, 3.63) is 118 Å². The highest BCUT2D eigenvalue weighted by atomic mass is 35.5. The van der Waals surface area contributed by atoms with Gasteiger partial charge in [-0.05, 0) is 61.1 Å². The van der Waals surface area contributed by atoms with E-state index in [-0.39, 0.29) is 69.5 Å². The van der Waals surface area contributed by atoms with Crippen molar-refractivity contribution in [3.63, 3.8) is 0 Å². The molecular formula is C38H38Cl2O14. The van der Waals surface area contributed by atoms with Gasteiger partial charge in [-0.15, -0.1) is 0 Å². The molecule has 0 radical (unpaired) electrons. The first kappa shape index (κ1) is 42.9. The standard InChI is InChI=1S/C38H38Cl2O14/c1-3-31(41)49-17-5-7-19-51-37(47)53-29-15-13-25(21-27(29)39)35(45)33(43)23-9-11-24(12-10-23)34(44)36(46)26-14-16-30(28(40)22-26)54-38(48)52-20-8-6-18-50-32(42)4-2/h3-4,9-16,21-22,35-36,43-46H,1-2,5-8,17-20H2. The van der Waals surface area contributed by atoms with Crippen LogP contribution in [-0.2, 0) is 28.5 Å². The van der Waals surface area contributed by atoms with Crippen molar-refractivity contribution in [2.75, 3.05) is 26.4 Å². The summed E-state index contributed by atoms with van der Waals surface area (Å²) in [6.45, 7) is 6.88. The zero-order valence-corrected chi connectivity index (χ0v) is 30.3. The first-order valence-corrected chi connectivity index (χ1v) is 17.0. The zero-order chi connectivity index (χ0) is 39.6. The van der Waals surface area contributed by atoms with Crippen LogP contribution >= 0.6 is 23.2 Å². The Kier molecular flexibility index (Phi) is 17.4. The van der Waals surface area contributed by atoms with Gasteiger partial charge >= 0.3 is 24.2 Å². The Morgan fingerprint density at radius 3 is 1.22 bits per heavy atom. The maximum Gasteiger partial charge on any atom is 0.513 e. The molecule has 0 aliphatic heterocycles. The average molecular weight is 790 g/mol. The van der Waals surface area contributed by atoms with Gasteiger partial charge < -0.3 is 48.8 Å². The Hall–Kier alpha value is -5.54. The summed E-state index contributed by atoms with van der Waals surface area (Å²) in [6, 6.07) is 13.6. The van der Waals surface area contributed by atoms with Crippen LogP contribution in [-0.4, -0.2) is 71.1 Å². The van der Waals surface area contributed by atoms with Crippen LogP contribution in [0, 0.1) is 0 Å².